The van der Waals surface area contributed by atoms with E-state index >= 15 is 0 Å². The number of fused-ring (bicyclic) bond motifs is 1. The summed E-state index contributed by atoms with van der Waals surface area (Å²) in [5.74, 6) is 0.535. The number of sulfone groups is 1. The minimum Gasteiger partial charge on any atom is -0.340 e. The van der Waals surface area contributed by atoms with Crippen LogP contribution >= 0.6 is 0 Å². The molecule has 184 valence electrons. The van der Waals surface area contributed by atoms with Crippen LogP contribution in [-0.2, 0) is 16.3 Å². The molecule has 1 aromatic heterocycles. The number of aryl methyl sites for hydroxylation is 1. The number of aliphatic imine (C=N–C) groups is 1. The summed E-state index contributed by atoms with van der Waals surface area (Å²) in [7, 11) is -5.14. The van der Waals surface area contributed by atoms with Crippen molar-refractivity contribution in [3.8, 4) is 0 Å². The maximum Gasteiger partial charge on any atom is 0.377 e. The fourth-order valence-electron chi connectivity index (χ4n) is 3.56. The second kappa shape index (κ2) is 10.9. The van der Waals surface area contributed by atoms with Crippen LogP contribution in [0.5, 0.6) is 0 Å². The Morgan fingerprint density at radius 2 is 1.91 bits per heavy atom. The molecule has 9 heteroatoms. The van der Waals surface area contributed by atoms with Gasteiger partial charge in [0, 0.05) is 29.7 Å². The van der Waals surface area contributed by atoms with Gasteiger partial charge in [-0.25, -0.2) is 17.8 Å². The van der Waals surface area contributed by atoms with E-state index in [9.17, 15) is 21.6 Å². The molecule has 0 aliphatic heterocycles. The van der Waals surface area contributed by atoms with Crippen molar-refractivity contribution in [2.75, 3.05) is 12.0 Å². The van der Waals surface area contributed by atoms with Gasteiger partial charge in [-0.2, -0.15) is 8.78 Å². The molecule has 5 nitrogen and oxygen atoms in total. The number of hydrogen-bond acceptors (Lipinski definition) is 5. The topological polar surface area (TPSA) is 71.4 Å². The number of pyridine rings is 1. The zero-order valence-corrected chi connectivity index (χ0v) is 20.2. The Bertz CT molecular complexity index is 1400. The minimum absolute atomic E-state index is 0.397. The number of benzene rings is 2. The van der Waals surface area contributed by atoms with Gasteiger partial charge >= 0.3 is 5.25 Å². The van der Waals surface area contributed by atoms with E-state index in [2.05, 4.69) is 28.8 Å². The van der Waals surface area contributed by atoms with Crippen LogP contribution in [0.3, 0.4) is 0 Å². The van der Waals surface area contributed by atoms with Gasteiger partial charge in [-0.3, -0.25) is 4.99 Å². The molecule has 0 amide bonds. The molecule has 0 unspecified atom stereocenters. The first-order valence-corrected chi connectivity index (χ1v) is 12.4. The number of nitrogens with zero attached hydrogens (tertiary/aromatic N) is 2. The van der Waals surface area contributed by atoms with Gasteiger partial charge in [-0.1, -0.05) is 43.3 Å². The smallest absolute Gasteiger partial charge is 0.340 e. The first-order valence-electron chi connectivity index (χ1n) is 10.9. The van der Waals surface area contributed by atoms with E-state index in [0.29, 0.717) is 23.5 Å². The second-order valence-electron chi connectivity index (χ2n) is 7.89. The summed E-state index contributed by atoms with van der Waals surface area (Å²) in [4.78, 5) is 7.94. The summed E-state index contributed by atoms with van der Waals surface area (Å²) in [6.07, 6.45) is 8.42. The van der Waals surface area contributed by atoms with Gasteiger partial charge in [0.25, 0.3) is 0 Å². The van der Waals surface area contributed by atoms with Gasteiger partial charge in [0.2, 0.25) is 9.84 Å². The number of allylic oxidation sites excluding steroid dienone is 2. The third-order valence-electron chi connectivity index (χ3n) is 5.56. The summed E-state index contributed by atoms with van der Waals surface area (Å²) in [6, 6.07) is 11.2. The number of rotatable bonds is 10. The molecule has 0 aliphatic carbocycles. The maximum atomic E-state index is 13.6. The quantitative estimate of drug-likeness (QED) is 0.313. The van der Waals surface area contributed by atoms with Crippen LogP contribution in [0.25, 0.3) is 10.8 Å². The Hall–Kier alpha value is -3.46. The Morgan fingerprint density at radius 3 is 2.54 bits per heavy atom. The molecule has 1 N–H and O–H groups in total. The molecule has 2 aromatic carbocycles. The van der Waals surface area contributed by atoms with Crippen LogP contribution in [0.4, 0.5) is 24.7 Å². The van der Waals surface area contributed by atoms with Crippen molar-refractivity contribution in [3.63, 3.8) is 0 Å². The van der Waals surface area contributed by atoms with Gasteiger partial charge in [-0.15, -0.1) is 0 Å². The van der Waals surface area contributed by atoms with E-state index in [4.69, 9.17) is 0 Å². The normalized spacial score (nSPS) is 12.9. The lowest BCUT2D eigenvalue weighted by atomic mass is 9.99. The van der Waals surface area contributed by atoms with Gasteiger partial charge in [0.15, 0.2) is 6.67 Å². The summed E-state index contributed by atoms with van der Waals surface area (Å²) in [6.45, 7) is 4.93. The van der Waals surface area contributed by atoms with Crippen molar-refractivity contribution >= 4 is 38.3 Å². The van der Waals surface area contributed by atoms with Gasteiger partial charge in [-0.05, 0) is 60.6 Å². The van der Waals surface area contributed by atoms with Crippen LogP contribution in [0.2, 0.25) is 0 Å². The number of halogens is 3. The average Bonchev–Trinajstić information content (AvgIpc) is 2.85. The minimum atomic E-state index is -5.14. The highest BCUT2D eigenvalue weighted by atomic mass is 32.2. The monoisotopic (exact) mass is 501 g/mol. The van der Waals surface area contributed by atoms with E-state index in [-0.39, 0.29) is 0 Å². The van der Waals surface area contributed by atoms with Crippen molar-refractivity contribution in [1.29, 1.82) is 0 Å². The predicted molar refractivity (Wildman–Crippen MR) is 135 cm³/mol. The molecule has 0 atom stereocenters. The lowest BCUT2D eigenvalue weighted by Crippen LogP contribution is -2.31. The lowest BCUT2D eigenvalue weighted by molar-refractivity contribution is 0.0620. The van der Waals surface area contributed by atoms with E-state index in [1.54, 1.807) is 19.3 Å². The van der Waals surface area contributed by atoms with Crippen LogP contribution in [0.1, 0.15) is 24.5 Å². The van der Waals surface area contributed by atoms with Crippen LogP contribution in [0, 0.1) is 6.92 Å². The molecule has 0 bridgehead atoms. The predicted octanol–water partition coefficient (Wildman–Crippen LogP) is 6.72. The zero-order valence-electron chi connectivity index (χ0n) is 19.4. The summed E-state index contributed by atoms with van der Waals surface area (Å²) in [5.41, 5.74) is 3.08. The van der Waals surface area contributed by atoms with Crippen molar-refractivity contribution in [2.45, 2.75) is 36.8 Å². The standard InChI is InChI=1S/C26H26F3N3O2S/c1-4-19(12-13-30-5-2)15-20-16-31-25(23-9-7-6-8-22(20)23)32-24-11-10-21(14-18(24)3)35(33,34)26(28,29)17-27/h5-14,16H,2,4,15,17H2,1,3H3,(H,31,32)/b19-12+,30-13?. The van der Waals surface area contributed by atoms with Crippen LogP contribution < -0.4 is 5.32 Å². The molecule has 0 saturated heterocycles. The molecule has 3 rings (SSSR count). The largest absolute Gasteiger partial charge is 0.377 e. The van der Waals surface area contributed by atoms with Crippen molar-refractivity contribution in [1.82, 2.24) is 4.98 Å². The number of alkyl halides is 3. The Morgan fingerprint density at radius 1 is 1.20 bits per heavy atom. The van der Waals surface area contributed by atoms with Crippen LogP contribution in [-0.4, -0.2) is 31.5 Å². The maximum absolute atomic E-state index is 13.6. The number of aromatic nitrogens is 1. The first-order chi connectivity index (χ1) is 16.6. The first kappa shape index (κ1) is 26.2. The number of anilines is 2. The molecule has 3 aromatic rings. The van der Waals surface area contributed by atoms with E-state index in [1.165, 1.54) is 17.8 Å². The van der Waals surface area contributed by atoms with Gasteiger partial charge in [0.05, 0.1) is 4.90 Å². The summed E-state index contributed by atoms with van der Waals surface area (Å²) in [5, 5.41) is 0.525. The van der Waals surface area contributed by atoms with Crippen molar-refractivity contribution < 1.29 is 21.6 Å². The summed E-state index contributed by atoms with van der Waals surface area (Å²) < 4.78 is 64.0. The molecule has 1 heterocycles. The van der Waals surface area contributed by atoms with Crippen molar-refractivity contribution in [2.24, 2.45) is 4.99 Å². The highest BCUT2D eigenvalue weighted by molar-refractivity contribution is 7.92. The van der Waals surface area contributed by atoms with E-state index < -0.39 is 26.7 Å². The molecule has 0 aliphatic rings. The summed E-state index contributed by atoms with van der Waals surface area (Å²) >= 11 is 0. The molecular weight excluding hydrogens is 475 g/mol. The SMILES string of the molecule is C=CN=C/C=C(\CC)Cc1cnc(Nc2ccc(S(=O)(=O)C(F)(F)CF)cc2C)c2ccccc12. The third-order valence-corrected chi connectivity index (χ3v) is 7.33. The van der Waals surface area contributed by atoms with Gasteiger partial charge < -0.3 is 5.32 Å². The lowest BCUT2D eigenvalue weighted by Gasteiger charge is -2.17. The molecule has 35 heavy (non-hydrogen) atoms. The number of nitrogens with one attached hydrogen (secondary N) is 1. The fraction of sp³-hybridized carbons (Fsp3) is 0.231. The highest BCUT2D eigenvalue weighted by Crippen LogP contribution is 2.33. The Labute approximate surface area is 203 Å². The highest BCUT2D eigenvalue weighted by Gasteiger charge is 2.46. The van der Waals surface area contributed by atoms with Crippen molar-refractivity contribution in [3.05, 3.63) is 84.2 Å². The molecule has 0 spiro atoms. The Kier molecular flexibility index (Phi) is 8.11. The van der Waals surface area contributed by atoms with Crippen LogP contribution in [0.15, 0.2) is 83.0 Å². The Balaban J connectivity index is 1.96. The molecular formula is C26H26F3N3O2S. The van der Waals surface area contributed by atoms with E-state index in [1.807, 2.05) is 30.3 Å². The van der Waals surface area contributed by atoms with E-state index in [0.717, 1.165) is 34.9 Å². The zero-order chi connectivity index (χ0) is 25.6. The second-order valence-corrected chi connectivity index (χ2v) is 9.97. The molecule has 0 fully saturated rings. The average molecular weight is 502 g/mol. The van der Waals surface area contributed by atoms with Gasteiger partial charge in [0.1, 0.15) is 5.82 Å². The number of hydrogen-bond donors (Lipinski definition) is 1. The third kappa shape index (κ3) is 5.62. The fourth-order valence-corrected chi connectivity index (χ4v) is 4.63. The molecule has 0 saturated carbocycles. The molecule has 0 radical (unpaired) electrons.